The molecule has 0 aliphatic heterocycles. The number of nitrogens with two attached hydrogens (primary N) is 1. The Balaban J connectivity index is 2.56. The summed E-state index contributed by atoms with van der Waals surface area (Å²) in [7, 11) is 0. The van der Waals surface area contributed by atoms with Crippen molar-refractivity contribution in [2.45, 2.75) is 57.1 Å². The van der Waals surface area contributed by atoms with Gasteiger partial charge in [0.25, 0.3) is 0 Å². The molecule has 6 heteroatoms. The molecule has 0 aromatic heterocycles. The van der Waals surface area contributed by atoms with E-state index in [0.29, 0.717) is 6.54 Å². The minimum absolute atomic E-state index is 0.411. The number of unbranched alkanes of at least 4 members (excludes halogenated alkanes) is 1. The molecule has 0 saturated heterocycles. The molecular formula is C17H27N3O2Sn. The van der Waals surface area contributed by atoms with E-state index in [1.165, 1.54) is 17.3 Å². The third-order valence-corrected chi connectivity index (χ3v) is 5.91. The topological polar surface area (TPSA) is 76.7 Å². The number of carbonyl (C=O) groups is 1. The first-order valence-electron chi connectivity index (χ1n) is 7.94. The minimum atomic E-state index is -0.717. The zero-order valence-corrected chi connectivity index (χ0v) is 17.3. The molecule has 1 aromatic carbocycles. The summed E-state index contributed by atoms with van der Waals surface area (Å²) in [5.74, 6) is 0. The van der Waals surface area contributed by atoms with Crippen LogP contribution in [0.5, 0.6) is 0 Å². The number of alkyl carbamates (subject to hydrolysis) is 1. The van der Waals surface area contributed by atoms with Crippen molar-refractivity contribution >= 4 is 36.8 Å². The van der Waals surface area contributed by atoms with E-state index < -0.39 is 32.8 Å². The van der Waals surface area contributed by atoms with Gasteiger partial charge in [-0.3, -0.25) is 0 Å². The van der Waals surface area contributed by atoms with E-state index in [0.717, 1.165) is 15.1 Å². The molecule has 0 aliphatic rings. The Hall–Kier alpha value is -1.24. The first-order chi connectivity index (χ1) is 10.8. The van der Waals surface area contributed by atoms with Crippen molar-refractivity contribution in [3.8, 4) is 0 Å². The molecule has 23 heavy (non-hydrogen) atoms. The quantitative estimate of drug-likeness (QED) is 0.304. The second-order valence-electron chi connectivity index (χ2n) is 6.30. The average molecular weight is 424 g/mol. The van der Waals surface area contributed by atoms with Gasteiger partial charge in [-0.2, -0.15) is 0 Å². The van der Waals surface area contributed by atoms with E-state index in [-0.39, 0.29) is 0 Å². The van der Waals surface area contributed by atoms with Gasteiger partial charge in [0.05, 0.1) is 0 Å². The Bertz CT molecular complexity index is 539. The number of nitrogens with zero attached hydrogens (tertiary/aromatic N) is 1. The van der Waals surface area contributed by atoms with Crippen molar-refractivity contribution in [3.05, 3.63) is 29.8 Å². The number of hydrogen-bond donors (Lipinski definition) is 2. The second-order valence-corrected chi connectivity index (χ2v) is 10.2. The van der Waals surface area contributed by atoms with Crippen molar-refractivity contribution in [2.75, 3.05) is 0 Å². The summed E-state index contributed by atoms with van der Waals surface area (Å²) in [5, 5.41) is 2.75. The Labute approximate surface area is 149 Å². The number of amidine groups is 1. The maximum absolute atomic E-state index is 11.7. The van der Waals surface area contributed by atoms with Gasteiger partial charge < -0.3 is 0 Å². The summed E-state index contributed by atoms with van der Waals surface area (Å²) >= 11 is -0.717. The van der Waals surface area contributed by atoms with Crippen molar-refractivity contribution < 1.29 is 9.53 Å². The number of carbonyl (C=O) groups excluding carboxylic acids is 1. The summed E-state index contributed by atoms with van der Waals surface area (Å²) in [6, 6.07) is 7.76. The van der Waals surface area contributed by atoms with E-state index in [2.05, 4.69) is 17.2 Å². The monoisotopic (exact) mass is 425 g/mol. The molecule has 1 amide bonds. The molecule has 0 aliphatic carbocycles. The number of nitrogens with one attached hydrogen (secondary N) is 1. The van der Waals surface area contributed by atoms with Gasteiger partial charge in [0.2, 0.25) is 0 Å². The van der Waals surface area contributed by atoms with Crippen LogP contribution in [0.15, 0.2) is 29.3 Å². The first-order valence-corrected chi connectivity index (χ1v) is 11.4. The molecule has 0 bridgehead atoms. The SMILES string of the molecule is CCC[CH2][Sn][C](N)=Nc1cccc(CNC(=O)OC(C)(C)C)c1. The van der Waals surface area contributed by atoms with Crippen molar-refractivity contribution in [2.24, 2.45) is 10.7 Å². The molecule has 1 aromatic rings. The molecule has 1 rings (SSSR count). The third-order valence-electron chi connectivity index (χ3n) is 2.83. The van der Waals surface area contributed by atoms with Crippen LogP contribution >= 0.6 is 0 Å². The molecule has 0 saturated carbocycles. The number of ether oxygens (including phenoxy) is 1. The van der Waals surface area contributed by atoms with Crippen LogP contribution in [-0.2, 0) is 11.3 Å². The van der Waals surface area contributed by atoms with Crippen LogP contribution in [0.1, 0.15) is 46.1 Å². The fraction of sp³-hybridized carbons (Fsp3) is 0.529. The zero-order chi connectivity index (χ0) is 17.3. The van der Waals surface area contributed by atoms with E-state index in [1.807, 2.05) is 45.0 Å². The van der Waals surface area contributed by atoms with Crippen LogP contribution in [0.4, 0.5) is 10.5 Å². The van der Waals surface area contributed by atoms with Gasteiger partial charge >= 0.3 is 149 Å². The molecule has 126 valence electrons. The summed E-state index contributed by atoms with van der Waals surface area (Å²) in [6.07, 6.45) is 2.03. The van der Waals surface area contributed by atoms with E-state index in [4.69, 9.17) is 10.5 Å². The second kappa shape index (κ2) is 9.80. The predicted molar refractivity (Wildman–Crippen MR) is 96.3 cm³/mol. The summed E-state index contributed by atoms with van der Waals surface area (Å²) in [5.41, 5.74) is 7.36. The van der Waals surface area contributed by atoms with Gasteiger partial charge in [-0.15, -0.1) is 0 Å². The fourth-order valence-electron chi connectivity index (χ4n) is 1.80. The van der Waals surface area contributed by atoms with Gasteiger partial charge in [-0.25, -0.2) is 0 Å². The van der Waals surface area contributed by atoms with E-state index in [1.54, 1.807) is 0 Å². The molecule has 0 fully saturated rings. The zero-order valence-electron chi connectivity index (χ0n) is 14.5. The molecular weight excluding hydrogens is 397 g/mol. The van der Waals surface area contributed by atoms with Crippen LogP contribution in [0.3, 0.4) is 0 Å². The van der Waals surface area contributed by atoms with E-state index >= 15 is 0 Å². The number of benzene rings is 1. The number of amides is 1. The number of rotatable bonds is 7. The Kier molecular flexibility index (Phi) is 8.44. The maximum atomic E-state index is 11.7. The fourth-order valence-corrected chi connectivity index (χ4v) is 4.63. The van der Waals surface area contributed by atoms with Gasteiger partial charge in [0.1, 0.15) is 0 Å². The van der Waals surface area contributed by atoms with Crippen molar-refractivity contribution in [1.29, 1.82) is 0 Å². The molecule has 0 atom stereocenters. The van der Waals surface area contributed by atoms with Crippen LogP contribution in [0.25, 0.3) is 0 Å². The van der Waals surface area contributed by atoms with Crippen LogP contribution in [0.2, 0.25) is 4.44 Å². The van der Waals surface area contributed by atoms with Gasteiger partial charge in [-0.05, 0) is 0 Å². The Morgan fingerprint density at radius 2 is 2.13 bits per heavy atom. The summed E-state index contributed by atoms with van der Waals surface area (Å²) in [6.45, 7) is 8.12. The molecule has 0 heterocycles. The molecule has 0 spiro atoms. The summed E-state index contributed by atoms with van der Waals surface area (Å²) in [4.78, 5) is 16.2. The summed E-state index contributed by atoms with van der Waals surface area (Å²) < 4.78 is 7.27. The Morgan fingerprint density at radius 3 is 2.78 bits per heavy atom. The molecule has 0 unspecified atom stereocenters. The third kappa shape index (κ3) is 9.48. The van der Waals surface area contributed by atoms with Crippen molar-refractivity contribution in [3.63, 3.8) is 0 Å². The molecule has 5 nitrogen and oxygen atoms in total. The average Bonchev–Trinajstić information content (AvgIpc) is 2.44. The van der Waals surface area contributed by atoms with Crippen LogP contribution < -0.4 is 11.1 Å². The van der Waals surface area contributed by atoms with Crippen LogP contribution in [-0.4, -0.2) is 36.7 Å². The van der Waals surface area contributed by atoms with Gasteiger partial charge in [0, 0.05) is 0 Å². The normalized spacial score (nSPS) is 12.1. The standard InChI is InChI=1S/C13H18N3O2.C4H9.Sn/c1-13(2,3)18-12(17)15-8-10-5-4-6-11(7-10)16-9-14;1-3-4-2;/h4-7H,8H2,1-3H3,(H2,14,16)(H,15,17);1,3-4H2,2H3;. The molecule has 2 radical (unpaired) electrons. The van der Waals surface area contributed by atoms with Crippen molar-refractivity contribution in [1.82, 2.24) is 5.32 Å². The van der Waals surface area contributed by atoms with Gasteiger partial charge in [0.15, 0.2) is 0 Å². The van der Waals surface area contributed by atoms with Gasteiger partial charge in [-0.1, -0.05) is 0 Å². The molecule has 3 N–H and O–H groups in total. The first kappa shape index (κ1) is 19.8. The number of aliphatic imine (C=N–C) groups is 1. The predicted octanol–water partition coefficient (Wildman–Crippen LogP) is 3.58. The van der Waals surface area contributed by atoms with Crippen LogP contribution in [0, 0.1) is 0 Å². The van der Waals surface area contributed by atoms with E-state index in [9.17, 15) is 4.79 Å². The number of hydrogen-bond acceptors (Lipinski definition) is 3. The Morgan fingerprint density at radius 1 is 1.39 bits per heavy atom.